The Morgan fingerprint density at radius 1 is 1.23 bits per heavy atom. The van der Waals surface area contributed by atoms with Crippen LogP contribution in [0.15, 0.2) is 0 Å². The largest absolute Gasteiger partial charge is 0.459 e. The summed E-state index contributed by atoms with van der Waals surface area (Å²) in [7, 11) is 0. The molecule has 0 aromatic carbocycles. The molecule has 1 aliphatic carbocycles. The number of ether oxygens (including phenoxy) is 1. The summed E-state index contributed by atoms with van der Waals surface area (Å²) in [5.74, 6) is 0.167. The van der Waals surface area contributed by atoms with Crippen molar-refractivity contribution in [2.24, 2.45) is 5.92 Å². The average Bonchev–Trinajstić information content (AvgIpc) is 2.29. The van der Waals surface area contributed by atoms with Crippen molar-refractivity contribution in [2.75, 3.05) is 0 Å². The van der Waals surface area contributed by atoms with E-state index in [2.05, 4.69) is 0 Å². The van der Waals surface area contributed by atoms with E-state index < -0.39 is 0 Å². The first-order valence-electron chi connectivity index (χ1n) is 5.45. The quantitative estimate of drug-likeness (QED) is 0.538. The predicted molar refractivity (Wildman–Crippen MR) is 50.3 cm³/mol. The van der Waals surface area contributed by atoms with Gasteiger partial charge in [0.05, 0.1) is 5.92 Å². The summed E-state index contributed by atoms with van der Waals surface area (Å²) < 4.78 is 5.54. The molecule has 0 bridgehead atoms. The Morgan fingerprint density at radius 3 is 2.31 bits per heavy atom. The number of rotatable bonds is 0. The molecule has 1 unspecified atom stereocenters. The van der Waals surface area contributed by atoms with Crippen molar-refractivity contribution in [2.45, 2.75) is 57.5 Å². The summed E-state index contributed by atoms with van der Waals surface area (Å²) in [5, 5.41) is 0. The highest BCUT2D eigenvalue weighted by atomic mass is 16.6. The summed E-state index contributed by atoms with van der Waals surface area (Å²) in [4.78, 5) is 11.3. The first-order chi connectivity index (χ1) is 6.22. The summed E-state index contributed by atoms with van der Waals surface area (Å²) in [5.41, 5.74) is -0.0486. The van der Waals surface area contributed by atoms with Crippen LogP contribution < -0.4 is 0 Å². The van der Waals surface area contributed by atoms with Crippen LogP contribution in [0.4, 0.5) is 0 Å². The van der Waals surface area contributed by atoms with Gasteiger partial charge in [-0.1, -0.05) is 19.8 Å². The zero-order valence-corrected chi connectivity index (χ0v) is 8.34. The molecule has 74 valence electrons. The normalized spacial score (nSPS) is 33.0. The number of carbonyl (C=O) groups is 1. The van der Waals surface area contributed by atoms with E-state index >= 15 is 0 Å². The molecule has 1 spiro atoms. The third kappa shape index (κ3) is 1.72. The second kappa shape index (κ2) is 3.32. The molecule has 2 aliphatic rings. The molecule has 0 aromatic rings. The molecule has 1 saturated heterocycles. The fraction of sp³-hybridized carbons (Fsp3) is 0.909. The Labute approximate surface area is 79.7 Å². The lowest BCUT2D eigenvalue weighted by molar-refractivity contribution is -0.151. The van der Waals surface area contributed by atoms with Gasteiger partial charge in [0.2, 0.25) is 0 Å². The molecule has 0 radical (unpaired) electrons. The predicted octanol–water partition coefficient (Wildman–Crippen LogP) is 2.66. The molecule has 1 saturated carbocycles. The molecular weight excluding hydrogens is 164 g/mol. The topological polar surface area (TPSA) is 26.3 Å². The lowest BCUT2D eigenvalue weighted by Gasteiger charge is -2.25. The van der Waals surface area contributed by atoms with Gasteiger partial charge in [0.15, 0.2) is 0 Å². The van der Waals surface area contributed by atoms with Gasteiger partial charge < -0.3 is 4.74 Å². The van der Waals surface area contributed by atoms with Crippen LogP contribution in [0.25, 0.3) is 0 Å². The van der Waals surface area contributed by atoms with Gasteiger partial charge in [-0.05, 0) is 25.7 Å². The number of carbonyl (C=O) groups excluding carboxylic acids is 1. The summed E-state index contributed by atoms with van der Waals surface area (Å²) in [6.07, 6.45) is 8.26. The van der Waals surface area contributed by atoms with Gasteiger partial charge in [0.1, 0.15) is 5.60 Å². The molecular formula is C11H18O2. The zero-order valence-electron chi connectivity index (χ0n) is 8.34. The second-order valence-corrected chi connectivity index (χ2v) is 4.62. The van der Waals surface area contributed by atoms with Crippen LogP contribution in [0, 0.1) is 5.92 Å². The molecule has 2 heteroatoms. The zero-order chi connectivity index (χ0) is 9.31. The Bertz CT molecular complexity index is 202. The van der Waals surface area contributed by atoms with E-state index in [-0.39, 0.29) is 17.5 Å². The average molecular weight is 182 g/mol. The van der Waals surface area contributed by atoms with Gasteiger partial charge in [0.25, 0.3) is 0 Å². The maximum Gasteiger partial charge on any atom is 0.309 e. The van der Waals surface area contributed by atoms with Crippen molar-refractivity contribution in [1.82, 2.24) is 0 Å². The van der Waals surface area contributed by atoms with Crippen LogP contribution in [-0.2, 0) is 9.53 Å². The van der Waals surface area contributed by atoms with Crippen LogP contribution in [0.3, 0.4) is 0 Å². The fourth-order valence-electron chi connectivity index (χ4n) is 2.68. The standard InChI is InChI=1S/C11H18O2/c1-9-8-11(13-10(9)12)6-4-2-3-5-7-11/h9H,2-8H2,1H3. The van der Waals surface area contributed by atoms with Gasteiger partial charge in [-0.3, -0.25) is 4.79 Å². The Hall–Kier alpha value is -0.530. The molecule has 2 rings (SSSR count). The van der Waals surface area contributed by atoms with E-state index in [0.29, 0.717) is 0 Å². The first-order valence-corrected chi connectivity index (χ1v) is 5.45. The second-order valence-electron chi connectivity index (χ2n) is 4.62. The lowest BCUT2D eigenvalue weighted by atomic mass is 9.88. The Kier molecular flexibility index (Phi) is 2.31. The Balaban J connectivity index is 2.07. The van der Waals surface area contributed by atoms with Crippen LogP contribution in [0.2, 0.25) is 0 Å². The van der Waals surface area contributed by atoms with Crippen LogP contribution in [0.1, 0.15) is 51.9 Å². The minimum absolute atomic E-state index is 0.0295. The fourth-order valence-corrected chi connectivity index (χ4v) is 2.68. The number of hydrogen-bond donors (Lipinski definition) is 0. The Morgan fingerprint density at radius 2 is 1.85 bits per heavy atom. The van der Waals surface area contributed by atoms with Gasteiger partial charge in [-0.2, -0.15) is 0 Å². The monoisotopic (exact) mass is 182 g/mol. The van der Waals surface area contributed by atoms with Crippen molar-refractivity contribution >= 4 is 5.97 Å². The van der Waals surface area contributed by atoms with Gasteiger partial charge in [0, 0.05) is 6.42 Å². The van der Waals surface area contributed by atoms with E-state index in [1.807, 2.05) is 6.92 Å². The van der Waals surface area contributed by atoms with Crippen molar-refractivity contribution in [3.63, 3.8) is 0 Å². The maximum atomic E-state index is 11.3. The SMILES string of the molecule is CC1CC2(CCCCCC2)OC1=O. The van der Waals surface area contributed by atoms with E-state index in [0.717, 1.165) is 19.3 Å². The maximum absolute atomic E-state index is 11.3. The molecule has 2 nitrogen and oxygen atoms in total. The van der Waals surface area contributed by atoms with Crippen molar-refractivity contribution < 1.29 is 9.53 Å². The molecule has 13 heavy (non-hydrogen) atoms. The highest BCUT2D eigenvalue weighted by Gasteiger charge is 2.44. The number of hydrogen-bond acceptors (Lipinski definition) is 2. The highest BCUT2D eigenvalue weighted by Crippen LogP contribution is 2.41. The van der Waals surface area contributed by atoms with E-state index in [1.54, 1.807) is 0 Å². The molecule has 0 N–H and O–H groups in total. The van der Waals surface area contributed by atoms with E-state index in [1.165, 1.54) is 25.7 Å². The molecule has 1 heterocycles. The first kappa shape index (κ1) is 9.04. The summed E-state index contributed by atoms with van der Waals surface area (Å²) in [6, 6.07) is 0. The van der Waals surface area contributed by atoms with E-state index in [9.17, 15) is 4.79 Å². The molecule has 2 fully saturated rings. The minimum atomic E-state index is -0.0486. The van der Waals surface area contributed by atoms with Crippen molar-refractivity contribution in [3.8, 4) is 0 Å². The number of esters is 1. The van der Waals surface area contributed by atoms with Gasteiger partial charge >= 0.3 is 5.97 Å². The third-order valence-electron chi connectivity index (χ3n) is 3.41. The summed E-state index contributed by atoms with van der Waals surface area (Å²) in [6.45, 7) is 1.99. The van der Waals surface area contributed by atoms with E-state index in [4.69, 9.17) is 4.74 Å². The van der Waals surface area contributed by atoms with Crippen LogP contribution >= 0.6 is 0 Å². The molecule has 1 atom stereocenters. The van der Waals surface area contributed by atoms with Crippen LogP contribution in [-0.4, -0.2) is 11.6 Å². The molecule has 0 aromatic heterocycles. The third-order valence-corrected chi connectivity index (χ3v) is 3.41. The smallest absolute Gasteiger partial charge is 0.309 e. The molecule has 1 aliphatic heterocycles. The van der Waals surface area contributed by atoms with Crippen molar-refractivity contribution in [3.05, 3.63) is 0 Å². The van der Waals surface area contributed by atoms with Crippen LogP contribution in [0.5, 0.6) is 0 Å². The van der Waals surface area contributed by atoms with Gasteiger partial charge in [-0.25, -0.2) is 0 Å². The molecule has 0 amide bonds. The highest BCUT2D eigenvalue weighted by molar-refractivity contribution is 5.74. The lowest BCUT2D eigenvalue weighted by Crippen LogP contribution is -2.27. The van der Waals surface area contributed by atoms with Crippen molar-refractivity contribution in [1.29, 1.82) is 0 Å². The van der Waals surface area contributed by atoms with Gasteiger partial charge in [-0.15, -0.1) is 0 Å². The summed E-state index contributed by atoms with van der Waals surface area (Å²) >= 11 is 0. The minimum Gasteiger partial charge on any atom is -0.459 e.